The van der Waals surface area contributed by atoms with Gasteiger partial charge in [-0.1, -0.05) is 159 Å². The molecule has 0 amide bonds. The monoisotopic (exact) mass is 1000 g/mol. The zero-order chi connectivity index (χ0) is 53.9. The number of hydrogen-bond acceptors (Lipinski definition) is 3. The highest BCUT2D eigenvalue weighted by atomic mass is 16.3. The van der Waals surface area contributed by atoms with Crippen LogP contribution in [0.3, 0.4) is 0 Å². The van der Waals surface area contributed by atoms with Crippen LogP contribution in [-0.2, 0) is 16.2 Å². The number of para-hydroxylation sites is 3. The van der Waals surface area contributed by atoms with Crippen LogP contribution >= 0.6 is 0 Å². The molecule has 0 bridgehead atoms. The normalized spacial score (nSPS) is 13.6. The van der Waals surface area contributed by atoms with Crippen LogP contribution in [0.1, 0.15) is 112 Å². The molecule has 11 aromatic rings. The molecule has 5 heteroatoms. The number of furan rings is 1. The lowest BCUT2D eigenvalue weighted by Crippen LogP contribution is -2.61. The molecule has 2 aromatic heterocycles. The maximum absolute atomic E-state index is 6.44. The molecular formula is C72H70BN3O. The summed E-state index contributed by atoms with van der Waals surface area (Å²) in [5.41, 5.74) is 30.6. The summed E-state index contributed by atoms with van der Waals surface area (Å²) in [6.45, 7) is 35.0. The van der Waals surface area contributed by atoms with Crippen molar-refractivity contribution >= 4 is 101 Å². The van der Waals surface area contributed by atoms with Crippen molar-refractivity contribution < 1.29 is 4.42 Å². The Morgan fingerprint density at radius 1 is 0.377 bits per heavy atom. The Bertz CT molecular complexity index is 4250. The lowest BCUT2D eigenvalue weighted by atomic mass is 9.33. The van der Waals surface area contributed by atoms with E-state index < -0.39 is 0 Å². The first kappa shape index (κ1) is 48.9. The van der Waals surface area contributed by atoms with Crippen molar-refractivity contribution in [3.63, 3.8) is 0 Å². The fourth-order valence-corrected chi connectivity index (χ4v) is 13.5. The van der Waals surface area contributed by atoms with Crippen molar-refractivity contribution in [2.45, 2.75) is 120 Å². The molecule has 0 atom stereocenters. The van der Waals surface area contributed by atoms with Gasteiger partial charge in [0, 0.05) is 44.3 Å². The van der Waals surface area contributed by atoms with Gasteiger partial charge in [-0.05, 0) is 190 Å². The maximum Gasteiger partial charge on any atom is 0.252 e. The number of anilines is 6. The number of aromatic nitrogens is 1. The van der Waals surface area contributed by atoms with Crippen LogP contribution in [0.2, 0.25) is 0 Å². The maximum atomic E-state index is 6.44. The quantitative estimate of drug-likeness (QED) is 0.164. The smallest absolute Gasteiger partial charge is 0.252 e. The Morgan fingerprint density at radius 2 is 0.909 bits per heavy atom. The lowest BCUT2D eigenvalue weighted by Gasteiger charge is -2.46. The van der Waals surface area contributed by atoms with Gasteiger partial charge in [0.2, 0.25) is 0 Å². The zero-order valence-electron chi connectivity index (χ0n) is 47.8. The van der Waals surface area contributed by atoms with Crippen molar-refractivity contribution in [3.05, 3.63) is 202 Å². The molecule has 0 radical (unpaired) electrons. The van der Waals surface area contributed by atoms with Crippen LogP contribution in [0.5, 0.6) is 0 Å². The van der Waals surface area contributed by atoms with Gasteiger partial charge in [0.25, 0.3) is 6.71 Å². The first-order valence-electron chi connectivity index (χ1n) is 27.8. The molecule has 2 aliphatic heterocycles. The Hall–Kier alpha value is -7.76. The fraction of sp³-hybridized carbons (Fsp3) is 0.250. The van der Waals surface area contributed by atoms with E-state index in [0.29, 0.717) is 0 Å². The number of aryl methyl sites for hydroxylation is 6. The summed E-state index contributed by atoms with van der Waals surface area (Å²) in [6.07, 6.45) is 0. The molecule has 4 heterocycles. The molecule has 0 saturated carbocycles. The first-order chi connectivity index (χ1) is 36.6. The summed E-state index contributed by atoms with van der Waals surface area (Å²) >= 11 is 0. The highest BCUT2D eigenvalue weighted by Gasteiger charge is 2.46. The highest BCUT2D eigenvalue weighted by Crippen LogP contribution is 2.51. The van der Waals surface area contributed by atoms with Crippen molar-refractivity contribution in [2.75, 3.05) is 9.80 Å². The van der Waals surface area contributed by atoms with E-state index in [1.165, 1.54) is 139 Å². The van der Waals surface area contributed by atoms with Gasteiger partial charge in [-0.2, -0.15) is 0 Å². The van der Waals surface area contributed by atoms with E-state index in [1.54, 1.807) is 0 Å². The lowest BCUT2D eigenvalue weighted by molar-refractivity contribution is 0.589. The predicted molar refractivity (Wildman–Crippen MR) is 332 cm³/mol. The summed E-state index contributed by atoms with van der Waals surface area (Å²) in [5.74, 6) is 0. The minimum atomic E-state index is -0.173. The number of nitrogens with zero attached hydrogens (tertiary/aromatic N) is 3. The Kier molecular flexibility index (Phi) is 10.7. The fourth-order valence-electron chi connectivity index (χ4n) is 13.5. The number of benzene rings is 9. The molecule has 77 heavy (non-hydrogen) atoms. The molecule has 382 valence electrons. The number of rotatable bonds is 4. The Balaban J connectivity index is 1.16. The SMILES string of the molecule is Cc1cc(-c2cccc3oc4ccccc4c23)cc(C)c1N1c2ccc(C(C)(C)C)cc2B2c3cc4c5ccccc5n(-c5c(C)cccc5C)c4cc3N(c3c(C)cc(C(C)(C)C)cc3C)c3cc(C(C)(C)C)cc1c32. The van der Waals surface area contributed by atoms with Crippen LogP contribution in [0, 0.1) is 41.5 Å². The third-order valence-electron chi connectivity index (χ3n) is 17.3. The molecule has 0 unspecified atom stereocenters. The van der Waals surface area contributed by atoms with E-state index in [4.69, 9.17) is 4.42 Å². The molecular weight excluding hydrogens is 934 g/mol. The average molecular weight is 1000 g/mol. The molecule has 13 rings (SSSR count). The van der Waals surface area contributed by atoms with E-state index >= 15 is 0 Å². The second-order valence-corrected chi connectivity index (χ2v) is 25.8. The minimum Gasteiger partial charge on any atom is -0.456 e. The Morgan fingerprint density at radius 3 is 1.55 bits per heavy atom. The van der Waals surface area contributed by atoms with Crippen LogP contribution < -0.4 is 26.2 Å². The van der Waals surface area contributed by atoms with Gasteiger partial charge in [0.1, 0.15) is 11.2 Å². The van der Waals surface area contributed by atoms with Gasteiger partial charge in [-0.15, -0.1) is 0 Å². The van der Waals surface area contributed by atoms with Gasteiger partial charge in [0.15, 0.2) is 0 Å². The van der Waals surface area contributed by atoms with E-state index in [1.807, 2.05) is 0 Å². The first-order valence-corrected chi connectivity index (χ1v) is 27.8. The van der Waals surface area contributed by atoms with Crippen molar-refractivity contribution in [2.24, 2.45) is 0 Å². The van der Waals surface area contributed by atoms with Crippen molar-refractivity contribution in [1.29, 1.82) is 0 Å². The van der Waals surface area contributed by atoms with Crippen LogP contribution in [0.25, 0.3) is 60.6 Å². The third-order valence-corrected chi connectivity index (χ3v) is 17.3. The van der Waals surface area contributed by atoms with Crippen LogP contribution in [0.4, 0.5) is 34.1 Å². The van der Waals surface area contributed by atoms with E-state index in [2.05, 4.69) is 270 Å². The topological polar surface area (TPSA) is 24.6 Å². The third kappa shape index (κ3) is 7.39. The van der Waals surface area contributed by atoms with Crippen LogP contribution in [-0.4, -0.2) is 11.3 Å². The molecule has 9 aromatic carbocycles. The molecule has 0 aliphatic carbocycles. The van der Waals surface area contributed by atoms with Gasteiger partial charge >= 0.3 is 0 Å². The van der Waals surface area contributed by atoms with Gasteiger partial charge in [-0.25, -0.2) is 0 Å². The molecule has 0 N–H and O–H groups in total. The van der Waals surface area contributed by atoms with Gasteiger partial charge in [0.05, 0.1) is 28.1 Å². The summed E-state index contributed by atoms with van der Waals surface area (Å²) in [6, 6.07) is 58.2. The highest BCUT2D eigenvalue weighted by molar-refractivity contribution is 7.00. The minimum absolute atomic E-state index is 0.0121. The second kappa shape index (κ2) is 16.9. The second-order valence-electron chi connectivity index (χ2n) is 25.8. The van der Waals surface area contributed by atoms with Crippen LogP contribution in [0.15, 0.2) is 156 Å². The Labute approximate surface area is 456 Å². The molecule has 4 nitrogen and oxygen atoms in total. The van der Waals surface area contributed by atoms with E-state index in [9.17, 15) is 0 Å². The predicted octanol–water partition coefficient (Wildman–Crippen LogP) is 18.2. The number of fused-ring (bicyclic) bond motifs is 10. The van der Waals surface area contributed by atoms with Crippen molar-refractivity contribution in [1.82, 2.24) is 4.57 Å². The summed E-state index contributed by atoms with van der Waals surface area (Å²) in [4.78, 5) is 5.35. The summed E-state index contributed by atoms with van der Waals surface area (Å²) in [5, 5.41) is 4.84. The average Bonchev–Trinajstić information content (AvgIpc) is 3.94. The van der Waals surface area contributed by atoms with E-state index in [0.717, 1.165) is 21.9 Å². The summed E-state index contributed by atoms with van der Waals surface area (Å²) in [7, 11) is 0. The van der Waals surface area contributed by atoms with Crippen molar-refractivity contribution in [3.8, 4) is 16.8 Å². The van der Waals surface area contributed by atoms with Gasteiger partial charge < -0.3 is 18.8 Å². The molecule has 0 spiro atoms. The number of hydrogen-bond donors (Lipinski definition) is 0. The molecule has 0 saturated heterocycles. The molecule has 0 fully saturated rings. The standard InChI is InChI=1S/C72H70BN3O/c1-41-22-20-23-42(2)67(41)74-57-27-18-16-24-52(57)54-39-56-60(40-59(54)74)76(69-45(5)34-49(35-46(69)6)71(10,11)12)62-38-50(72(13,14)15)37-61-66(62)73(56)55-36-48(70(7,8)9)30-31-58(55)75(61)68-43(3)32-47(33-44(68)4)51-26-21-29-64-65(51)53-25-17-19-28-63(53)77-64/h16-40H,1-15H3. The zero-order valence-corrected chi connectivity index (χ0v) is 47.8. The summed E-state index contributed by atoms with van der Waals surface area (Å²) < 4.78 is 9.00. The largest absolute Gasteiger partial charge is 0.456 e. The molecule has 2 aliphatic rings. The van der Waals surface area contributed by atoms with Gasteiger partial charge in [-0.3, -0.25) is 0 Å². The van der Waals surface area contributed by atoms with E-state index in [-0.39, 0.29) is 23.0 Å².